The second-order valence-corrected chi connectivity index (χ2v) is 5.19. The Labute approximate surface area is 111 Å². The molecular formula is C13H18BrNO2. The molecule has 1 heterocycles. The fraction of sp³-hybridized carbons (Fsp3) is 0.538. The van der Waals surface area contributed by atoms with Gasteiger partial charge in [-0.3, -0.25) is 4.90 Å². The summed E-state index contributed by atoms with van der Waals surface area (Å²) in [7, 11) is 1.52. The summed E-state index contributed by atoms with van der Waals surface area (Å²) >= 11 is 3.62. The van der Waals surface area contributed by atoms with E-state index >= 15 is 0 Å². The zero-order valence-corrected chi connectivity index (χ0v) is 11.7. The number of likely N-dealkylation sites (tertiary alicyclic amines) is 1. The highest BCUT2D eigenvalue weighted by atomic mass is 79.9. The maximum Gasteiger partial charge on any atom is 0.107 e. The Morgan fingerprint density at radius 2 is 2.06 bits per heavy atom. The number of halogens is 1. The van der Waals surface area contributed by atoms with Gasteiger partial charge in [0.25, 0.3) is 0 Å². The fourth-order valence-corrected chi connectivity index (χ4v) is 2.67. The van der Waals surface area contributed by atoms with Gasteiger partial charge in [0, 0.05) is 11.0 Å². The summed E-state index contributed by atoms with van der Waals surface area (Å²) in [6, 6.07) is 6.36. The van der Waals surface area contributed by atoms with Crippen molar-refractivity contribution in [2.24, 2.45) is 0 Å². The van der Waals surface area contributed by atoms with Gasteiger partial charge in [0.15, 0.2) is 0 Å². The molecule has 0 saturated carbocycles. The van der Waals surface area contributed by atoms with Gasteiger partial charge in [-0.1, -0.05) is 28.1 Å². The molecule has 0 atom stereocenters. The van der Waals surface area contributed by atoms with Crippen LogP contribution in [0.25, 0.3) is 0 Å². The molecule has 1 aromatic rings. The summed E-state index contributed by atoms with van der Waals surface area (Å²) in [5.74, 6) is 0. The highest BCUT2D eigenvalue weighted by Crippen LogP contribution is 2.22. The molecule has 0 unspecified atom stereocenters. The topological polar surface area (TPSA) is 21.7 Å². The minimum Gasteiger partial charge on any atom is -0.299 e. The lowest BCUT2D eigenvalue weighted by atomic mass is 10.1. The number of benzene rings is 1. The number of nitrogens with zero attached hydrogens (tertiary/aromatic N) is 1. The van der Waals surface area contributed by atoms with Gasteiger partial charge in [-0.15, -0.1) is 0 Å². The number of rotatable bonds is 5. The van der Waals surface area contributed by atoms with Crippen LogP contribution in [0.15, 0.2) is 22.7 Å². The van der Waals surface area contributed by atoms with Crippen LogP contribution in [0.1, 0.15) is 24.0 Å². The third kappa shape index (κ3) is 3.78. The highest BCUT2D eigenvalue weighted by molar-refractivity contribution is 9.10. The molecular weight excluding hydrogens is 282 g/mol. The summed E-state index contributed by atoms with van der Waals surface area (Å²) in [5, 5.41) is 0. The Bertz CT molecular complexity index is 364. The lowest BCUT2D eigenvalue weighted by Gasteiger charge is -2.16. The van der Waals surface area contributed by atoms with E-state index in [0.717, 1.165) is 16.6 Å². The van der Waals surface area contributed by atoms with Crippen LogP contribution >= 0.6 is 15.9 Å². The minimum atomic E-state index is 0.485. The smallest absolute Gasteiger partial charge is 0.107 e. The van der Waals surface area contributed by atoms with Gasteiger partial charge < -0.3 is 0 Å². The van der Waals surface area contributed by atoms with Crippen LogP contribution in [0, 0.1) is 0 Å². The first-order valence-electron chi connectivity index (χ1n) is 5.95. The van der Waals surface area contributed by atoms with Crippen molar-refractivity contribution >= 4 is 15.9 Å². The van der Waals surface area contributed by atoms with Gasteiger partial charge >= 0.3 is 0 Å². The molecule has 1 aliphatic heterocycles. The van der Waals surface area contributed by atoms with Gasteiger partial charge in [0.1, 0.15) is 6.61 Å². The Morgan fingerprint density at radius 3 is 2.71 bits per heavy atom. The summed E-state index contributed by atoms with van der Waals surface area (Å²) in [6.07, 6.45) is 2.66. The van der Waals surface area contributed by atoms with Crippen LogP contribution in [-0.4, -0.2) is 25.1 Å². The van der Waals surface area contributed by atoms with Gasteiger partial charge in [-0.05, 0) is 43.1 Å². The molecule has 0 amide bonds. The van der Waals surface area contributed by atoms with Crippen molar-refractivity contribution in [2.45, 2.75) is 26.0 Å². The van der Waals surface area contributed by atoms with E-state index < -0.39 is 0 Å². The van der Waals surface area contributed by atoms with E-state index in [2.05, 4.69) is 43.9 Å². The van der Waals surface area contributed by atoms with Crippen LogP contribution in [0.3, 0.4) is 0 Å². The van der Waals surface area contributed by atoms with Crippen LogP contribution in [0.4, 0.5) is 0 Å². The van der Waals surface area contributed by atoms with Gasteiger partial charge in [-0.25, -0.2) is 9.78 Å². The van der Waals surface area contributed by atoms with E-state index in [1.165, 1.54) is 38.6 Å². The quantitative estimate of drug-likeness (QED) is 0.616. The normalized spacial score (nSPS) is 16.6. The van der Waals surface area contributed by atoms with E-state index in [4.69, 9.17) is 4.89 Å². The molecule has 3 nitrogen and oxygen atoms in total. The van der Waals surface area contributed by atoms with Crippen molar-refractivity contribution < 1.29 is 9.78 Å². The van der Waals surface area contributed by atoms with Crippen molar-refractivity contribution in [3.63, 3.8) is 0 Å². The predicted molar refractivity (Wildman–Crippen MR) is 70.5 cm³/mol. The van der Waals surface area contributed by atoms with E-state index in [1.54, 1.807) is 0 Å². The lowest BCUT2D eigenvalue weighted by molar-refractivity contribution is -0.282. The standard InChI is InChI=1S/C13H18BrNO2/c1-16-17-10-11-4-5-12(13(14)8-11)9-15-6-2-3-7-15/h4-5,8H,2-3,6-7,9-10H2,1H3. The molecule has 0 bridgehead atoms. The van der Waals surface area contributed by atoms with Crippen LogP contribution in [-0.2, 0) is 22.9 Å². The second-order valence-electron chi connectivity index (χ2n) is 4.34. The average molecular weight is 300 g/mol. The second kappa shape index (κ2) is 6.50. The predicted octanol–water partition coefficient (Wildman–Crippen LogP) is 3.12. The van der Waals surface area contributed by atoms with E-state index in [9.17, 15) is 0 Å². The first-order valence-corrected chi connectivity index (χ1v) is 6.74. The zero-order chi connectivity index (χ0) is 12.1. The third-order valence-electron chi connectivity index (χ3n) is 3.05. The molecule has 0 aliphatic carbocycles. The number of hydrogen-bond acceptors (Lipinski definition) is 3. The fourth-order valence-electron chi connectivity index (χ4n) is 2.12. The van der Waals surface area contributed by atoms with Crippen molar-refractivity contribution in [3.05, 3.63) is 33.8 Å². The van der Waals surface area contributed by atoms with E-state index in [1.807, 2.05) is 0 Å². The van der Waals surface area contributed by atoms with Crippen LogP contribution in [0.2, 0.25) is 0 Å². The molecule has 1 fully saturated rings. The molecule has 0 N–H and O–H groups in total. The molecule has 1 aromatic carbocycles. The van der Waals surface area contributed by atoms with Crippen molar-refractivity contribution in [2.75, 3.05) is 20.2 Å². The van der Waals surface area contributed by atoms with Crippen LogP contribution in [0.5, 0.6) is 0 Å². The molecule has 0 aromatic heterocycles. The lowest BCUT2D eigenvalue weighted by Crippen LogP contribution is -2.18. The largest absolute Gasteiger partial charge is 0.299 e. The Hall–Kier alpha value is -0.420. The Balaban J connectivity index is 1.98. The summed E-state index contributed by atoms with van der Waals surface area (Å²) in [4.78, 5) is 12.0. The molecule has 1 aliphatic rings. The Kier molecular flexibility index (Phi) is 4.98. The maximum absolute atomic E-state index is 4.92. The van der Waals surface area contributed by atoms with Gasteiger partial charge in [0.2, 0.25) is 0 Å². The molecule has 4 heteroatoms. The minimum absolute atomic E-state index is 0.485. The van der Waals surface area contributed by atoms with Gasteiger partial charge in [0.05, 0.1) is 7.11 Å². The summed E-state index contributed by atoms with van der Waals surface area (Å²) in [5.41, 5.74) is 2.46. The van der Waals surface area contributed by atoms with E-state index in [0.29, 0.717) is 6.61 Å². The average Bonchev–Trinajstić information content (AvgIpc) is 2.82. The molecule has 2 rings (SSSR count). The summed E-state index contributed by atoms with van der Waals surface area (Å²) < 4.78 is 1.15. The molecule has 94 valence electrons. The van der Waals surface area contributed by atoms with Crippen LogP contribution < -0.4 is 0 Å². The maximum atomic E-state index is 4.92. The zero-order valence-electron chi connectivity index (χ0n) is 10.1. The number of hydrogen-bond donors (Lipinski definition) is 0. The molecule has 0 radical (unpaired) electrons. The van der Waals surface area contributed by atoms with Crippen molar-refractivity contribution in [3.8, 4) is 0 Å². The highest BCUT2D eigenvalue weighted by Gasteiger charge is 2.13. The van der Waals surface area contributed by atoms with Gasteiger partial charge in [-0.2, -0.15) is 0 Å². The molecule has 1 saturated heterocycles. The molecule has 17 heavy (non-hydrogen) atoms. The first kappa shape index (κ1) is 13.0. The van der Waals surface area contributed by atoms with Crippen molar-refractivity contribution in [1.82, 2.24) is 4.90 Å². The monoisotopic (exact) mass is 299 g/mol. The summed E-state index contributed by atoms with van der Waals surface area (Å²) in [6.45, 7) is 3.97. The van der Waals surface area contributed by atoms with Crippen molar-refractivity contribution in [1.29, 1.82) is 0 Å². The SMILES string of the molecule is COOCc1ccc(CN2CCCC2)c(Br)c1. The van der Waals surface area contributed by atoms with E-state index in [-0.39, 0.29) is 0 Å². The first-order chi connectivity index (χ1) is 8.29. The third-order valence-corrected chi connectivity index (χ3v) is 3.79. The Morgan fingerprint density at radius 1 is 1.29 bits per heavy atom. The molecule has 0 spiro atoms.